The van der Waals surface area contributed by atoms with Gasteiger partial charge in [0.2, 0.25) is 5.95 Å². The van der Waals surface area contributed by atoms with Crippen LogP contribution in [0.25, 0.3) is 0 Å². The molecule has 26 heavy (non-hydrogen) atoms. The minimum Gasteiger partial charge on any atom is -0.495 e. The van der Waals surface area contributed by atoms with Crippen LogP contribution in [-0.2, 0) is 6.54 Å². The Morgan fingerprint density at radius 3 is 2.46 bits per heavy atom. The van der Waals surface area contributed by atoms with Gasteiger partial charge in [0.25, 0.3) is 5.91 Å². The molecule has 132 valence electrons. The molecule has 0 aliphatic carbocycles. The third kappa shape index (κ3) is 4.16. The molecule has 0 aliphatic rings. The van der Waals surface area contributed by atoms with Crippen LogP contribution in [0, 0.1) is 6.92 Å². The topological polar surface area (TPSA) is 76.1 Å². The summed E-state index contributed by atoms with van der Waals surface area (Å²) in [5.74, 6) is 0.873. The zero-order valence-corrected chi connectivity index (χ0v) is 14.7. The molecular weight excluding hydrogens is 328 g/mol. The van der Waals surface area contributed by atoms with Gasteiger partial charge in [0.1, 0.15) is 5.75 Å². The molecule has 0 aliphatic heterocycles. The molecule has 0 atom stereocenters. The first-order chi connectivity index (χ1) is 12.7. The predicted octanol–water partition coefficient (Wildman–Crippen LogP) is 3.47. The lowest BCUT2D eigenvalue weighted by Gasteiger charge is -2.10. The number of nitrogens with one attached hydrogen (secondary N) is 2. The average Bonchev–Trinajstić information content (AvgIpc) is 2.68. The molecule has 0 spiro atoms. The number of benzene rings is 2. The van der Waals surface area contributed by atoms with Gasteiger partial charge in [-0.25, -0.2) is 9.97 Å². The normalized spacial score (nSPS) is 10.2. The molecule has 0 saturated carbocycles. The van der Waals surface area contributed by atoms with Gasteiger partial charge in [-0.1, -0.05) is 36.4 Å². The maximum absolute atomic E-state index is 12.3. The first-order valence-corrected chi connectivity index (χ1v) is 8.22. The van der Waals surface area contributed by atoms with E-state index in [4.69, 9.17) is 4.74 Å². The number of carbonyl (C=O) groups excluding carboxylic acids is 1. The summed E-state index contributed by atoms with van der Waals surface area (Å²) in [5, 5.41) is 5.96. The largest absolute Gasteiger partial charge is 0.495 e. The zero-order valence-electron chi connectivity index (χ0n) is 14.7. The fourth-order valence-corrected chi connectivity index (χ4v) is 2.46. The third-order valence-corrected chi connectivity index (χ3v) is 3.97. The Hall–Kier alpha value is -3.41. The molecule has 0 fully saturated rings. The Labute approximate surface area is 152 Å². The lowest BCUT2D eigenvalue weighted by Crippen LogP contribution is -2.23. The maximum Gasteiger partial charge on any atom is 0.254 e. The Kier molecular flexibility index (Phi) is 5.43. The van der Waals surface area contributed by atoms with Gasteiger partial charge in [0, 0.05) is 18.9 Å². The number of hydrogen-bond acceptors (Lipinski definition) is 5. The molecule has 2 aromatic carbocycles. The fourth-order valence-electron chi connectivity index (χ4n) is 2.46. The highest BCUT2D eigenvalue weighted by Crippen LogP contribution is 2.25. The van der Waals surface area contributed by atoms with Crippen LogP contribution in [0.15, 0.2) is 60.9 Å². The van der Waals surface area contributed by atoms with Crippen LogP contribution >= 0.6 is 0 Å². The summed E-state index contributed by atoms with van der Waals surface area (Å²) >= 11 is 0. The van der Waals surface area contributed by atoms with Crippen molar-refractivity contribution in [1.82, 2.24) is 15.3 Å². The lowest BCUT2D eigenvalue weighted by atomic mass is 10.1. The summed E-state index contributed by atoms with van der Waals surface area (Å²) in [5.41, 5.74) is 3.38. The van der Waals surface area contributed by atoms with Crippen molar-refractivity contribution in [3.8, 4) is 5.75 Å². The monoisotopic (exact) mass is 348 g/mol. The highest BCUT2D eigenvalue weighted by atomic mass is 16.5. The molecule has 3 rings (SSSR count). The molecule has 0 saturated heterocycles. The van der Waals surface area contributed by atoms with Gasteiger partial charge in [0.05, 0.1) is 18.4 Å². The molecule has 1 aromatic heterocycles. The minimum atomic E-state index is -0.211. The van der Waals surface area contributed by atoms with E-state index in [0.717, 1.165) is 16.8 Å². The number of aryl methyl sites for hydroxylation is 1. The van der Waals surface area contributed by atoms with E-state index in [1.54, 1.807) is 7.11 Å². The summed E-state index contributed by atoms with van der Waals surface area (Å²) in [6.45, 7) is 2.48. The number of carbonyl (C=O) groups is 1. The second kappa shape index (κ2) is 8.11. The SMILES string of the molecule is COc1ccccc1Nc1ncc(C(=O)NCc2ccccc2C)cn1. The van der Waals surface area contributed by atoms with Crippen LogP contribution in [0.3, 0.4) is 0 Å². The molecule has 1 amide bonds. The standard InChI is InChI=1S/C20H20N4O2/c1-14-7-3-4-8-15(14)11-21-19(25)16-12-22-20(23-13-16)24-17-9-5-6-10-18(17)26-2/h3-10,12-13H,11H2,1-2H3,(H,21,25)(H,22,23,24). The first kappa shape index (κ1) is 17.4. The van der Waals surface area contributed by atoms with E-state index in [1.165, 1.54) is 12.4 Å². The highest BCUT2D eigenvalue weighted by molar-refractivity contribution is 5.93. The number of rotatable bonds is 6. The lowest BCUT2D eigenvalue weighted by molar-refractivity contribution is 0.0950. The second-order valence-corrected chi connectivity index (χ2v) is 5.73. The number of nitrogens with zero attached hydrogens (tertiary/aromatic N) is 2. The molecule has 2 N–H and O–H groups in total. The summed E-state index contributed by atoms with van der Waals surface area (Å²) in [4.78, 5) is 20.7. The van der Waals surface area contributed by atoms with E-state index < -0.39 is 0 Å². The predicted molar refractivity (Wildman–Crippen MR) is 101 cm³/mol. The Morgan fingerprint density at radius 2 is 1.73 bits per heavy atom. The van der Waals surface area contributed by atoms with Crippen molar-refractivity contribution >= 4 is 17.5 Å². The summed E-state index contributed by atoms with van der Waals surface area (Å²) in [7, 11) is 1.60. The van der Waals surface area contributed by atoms with Crippen molar-refractivity contribution in [2.24, 2.45) is 0 Å². The van der Waals surface area contributed by atoms with Gasteiger partial charge in [-0.15, -0.1) is 0 Å². The summed E-state index contributed by atoms with van der Waals surface area (Å²) < 4.78 is 5.28. The zero-order chi connectivity index (χ0) is 18.4. The second-order valence-electron chi connectivity index (χ2n) is 5.73. The number of aromatic nitrogens is 2. The van der Waals surface area contributed by atoms with Crippen molar-refractivity contribution in [3.63, 3.8) is 0 Å². The number of amides is 1. The van der Waals surface area contributed by atoms with E-state index in [2.05, 4.69) is 20.6 Å². The van der Waals surface area contributed by atoms with Crippen molar-refractivity contribution in [1.29, 1.82) is 0 Å². The molecule has 0 radical (unpaired) electrons. The van der Waals surface area contributed by atoms with Gasteiger partial charge in [0.15, 0.2) is 0 Å². The van der Waals surface area contributed by atoms with E-state index in [-0.39, 0.29) is 5.91 Å². The number of anilines is 2. The van der Waals surface area contributed by atoms with E-state index >= 15 is 0 Å². The average molecular weight is 348 g/mol. The number of ether oxygens (including phenoxy) is 1. The van der Waals surface area contributed by atoms with Gasteiger partial charge >= 0.3 is 0 Å². The van der Waals surface area contributed by atoms with Gasteiger partial charge in [-0.2, -0.15) is 0 Å². The van der Waals surface area contributed by atoms with Crippen molar-refractivity contribution < 1.29 is 9.53 Å². The van der Waals surface area contributed by atoms with Gasteiger partial charge < -0.3 is 15.4 Å². The molecular formula is C20H20N4O2. The van der Waals surface area contributed by atoms with Crippen LogP contribution < -0.4 is 15.4 Å². The third-order valence-electron chi connectivity index (χ3n) is 3.97. The van der Waals surface area contributed by atoms with E-state index in [1.807, 2.05) is 55.5 Å². The maximum atomic E-state index is 12.3. The Bertz CT molecular complexity index is 894. The molecule has 1 heterocycles. The van der Waals surface area contributed by atoms with Crippen LogP contribution in [0.1, 0.15) is 21.5 Å². The fraction of sp³-hybridized carbons (Fsp3) is 0.150. The number of para-hydroxylation sites is 2. The van der Waals surface area contributed by atoms with Crippen LogP contribution in [0.2, 0.25) is 0 Å². The number of hydrogen-bond donors (Lipinski definition) is 2. The Morgan fingerprint density at radius 1 is 1.04 bits per heavy atom. The summed E-state index contributed by atoms with van der Waals surface area (Å²) in [6.07, 6.45) is 3.00. The van der Waals surface area contributed by atoms with Crippen LogP contribution in [0.5, 0.6) is 5.75 Å². The molecule has 6 nitrogen and oxygen atoms in total. The smallest absolute Gasteiger partial charge is 0.254 e. The number of methoxy groups -OCH3 is 1. The highest BCUT2D eigenvalue weighted by Gasteiger charge is 2.09. The molecule has 0 unspecified atom stereocenters. The Balaban J connectivity index is 1.63. The van der Waals surface area contributed by atoms with Gasteiger partial charge in [-0.05, 0) is 30.2 Å². The summed E-state index contributed by atoms with van der Waals surface area (Å²) in [6, 6.07) is 15.4. The van der Waals surface area contributed by atoms with Crippen LogP contribution in [-0.4, -0.2) is 23.0 Å². The quantitative estimate of drug-likeness (QED) is 0.713. The van der Waals surface area contributed by atoms with Gasteiger partial charge in [-0.3, -0.25) is 4.79 Å². The minimum absolute atomic E-state index is 0.211. The van der Waals surface area contributed by atoms with E-state index in [9.17, 15) is 4.79 Å². The first-order valence-electron chi connectivity index (χ1n) is 8.22. The molecule has 0 bridgehead atoms. The van der Waals surface area contributed by atoms with Crippen LogP contribution in [0.4, 0.5) is 11.6 Å². The van der Waals surface area contributed by atoms with E-state index in [0.29, 0.717) is 23.8 Å². The van der Waals surface area contributed by atoms with Crippen molar-refractivity contribution in [3.05, 3.63) is 77.6 Å². The van der Waals surface area contributed by atoms with Crippen molar-refractivity contribution in [2.45, 2.75) is 13.5 Å². The van der Waals surface area contributed by atoms with Crippen molar-refractivity contribution in [2.75, 3.05) is 12.4 Å². The molecule has 3 aromatic rings. The molecule has 6 heteroatoms.